The molecule has 154 valence electrons. The summed E-state index contributed by atoms with van der Waals surface area (Å²) in [5, 5.41) is 0. The maximum atomic E-state index is 12.1. The van der Waals surface area contributed by atoms with Gasteiger partial charge in [-0.25, -0.2) is 4.79 Å². The van der Waals surface area contributed by atoms with Gasteiger partial charge in [-0.2, -0.15) is 0 Å². The zero-order valence-electron chi connectivity index (χ0n) is 16.9. The van der Waals surface area contributed by atoms with Gasteiger partial charge in [0.2, 0.25) is 0 Å². The summed E-state index contributed by atoms with van der Waals surface area (Å²) >= 11 is 0. The van der Waals surface area contributed by atoms with Gasteiger partial charge in [-0.3, -0.25) is 4.98 Å². The van der Waals surface area contributed by atoms with Crippen LogP contribution in [-0.4, -0.2) is 25.2 Å². The van der Waals surface area contributed by atoms with E-state index in [2.05, 4.69) is 4.98 Å². The van der Waals surface area contributed by atoms with Crippen LogP contribution in [0.3, 0.4) is 0 Å². The van der Waals surface area contributed by atoms with Crippen molar-refractivity contribution in [2.24, 2.45) is 0 Å². The third-order valence-electron chi connectivity index (χ3n) is 4.26. The van der Waals surface area contributed by atoms with Gasteiger partial charge in [-0.15, -0.1) is 0 Å². The number of hydrogen-bond acceptors (Lipinski definition) is 6. The predicted molar refractivity (Wildman–Crippen MR) is 113 cm³/mol. The molecule has 0 aliphatic heterocycles. The second-order valence-electron chi connectivity index (χ2n) is 6.29. The number of carbonyl (C=O) groups is 1. The van der Waals surface area contributed by atoms with E-state index in [1.54, 1.807) is 6.20 Å². The van der Waals surface area contributed by atoms with E-state index in [0.717, 1.165) is 11.3 Å². The lowest BCUT2D eigenvalue weighted by molar-refractivity contribution is -0.133. The van der Waals surface area contributed by atoms with Gasteiger partial charge in [0.15, 0.2) is 0 Å². The van der Waals surface area contributed by atoms with Crippen molar-refractivity contribution in [3.63, 3.8) is 0 Å². The molecule has 0 N–H and O–H groups in total. The highest BCUT2D eigenvalue weighted by molar-refractivity contribution is 6.16. The zero-order valence-corrected chi connectivity index (χ0v) is 16.9. The minimum atomic E-state index is -0.478. The lowest BCUT2D eigenvalue weighted by Gasteiger charge is -2.13. The molecule has 6 heteroatoms. The number of hydrogen-bond donors (Lipinski definition) is 0. The van der Waals surface area contributed by atoms with Crippen LogP contribution >= 0.6 is 0 Å². The summed E-state index contributed by atoms with van der Waals surface area (Å²) in [6, 6.07) is 20.5. The Balaban J connectivity index is 1.70. The molecule has 3 aromatic rings. The van der Waals surface area contributed by atoms with E-state index < -0.39 is 5.97 Å². The van der Waals surface area contributed by atoms with Crippen molar-refractivity contribution in [2.45, 2.75) is 13.2 Å². The monoisotopic (exact) mass is 405 g/mol. The Bertz CT molecular complexity index is 1000. The summed E-state index contributed by atoms with van der Waals surface area (Å²) in [7, 11) is 2.82. The highest BCUT2D eigenvalue weighted by Crippen LogP contribution is 2.25. The van der Waals surface area contributed by atoms with Crippen molar-refractivity contribution in [2.75, 3.05) is 14.2 Å². The molecule has 0 bridgehead atoms. The predicted octanol–water partition coefficient (Wildman–Crippen LogP) is 4.40. The molecule has 0 saturated carbocycles. The van der Waals surface area contributed by atoms with E-state index in [-0.39, 0.29) is 6.61 Å². The summed E-state index contributed by atoms with van der Waals surface area (Å²) in [4.78, 5) is 16.4. The molecule has 0 aliphatic carbocycles. The van der Waals surface area contributed by atoms with Crippen molar-refractivity contribution in [3.8, 4) is 11.5 Å². The number of pyridine rings is 1. The van der Waals surface area contributed by atoms with Crippen molar-refractivity contribution in [3.05, 3.63) is 96.0 Å². The normalized spacial score (nSPS) is 10.9. The first kappa shape index (κ1) is 20.9. The van der Waals surface area contributed by atoms with Crippen LogP contribution in [0.5, 0.6) is 11.5 Å². The van der Waals surface area contributed by atoms with Gasteiger partial charge < -0.3 is 18.9 Å². The summed E-state index contributed by atoms with van der Waals surface area (Å²) in [6.45, 7) is 0.634. The van der Waals surface area contributed by atoms with Gasteiger partial charge in [-0.05, 0) is 35.4 Å². The van der Waals surface area contributed by atoms with Crippen molar-refractivity contribution in [1.82, 2.24) is 4.98 Å². The minimum Gasteiger partial charge on any atom is -0.503 e. The topological polar surface area (TPSA) is 66.9 Å². The first-order valence-corrected chi connectivity index (χ1v) is 9.36. The lowest BCUT2D eigenvalue weighted by atomic mass is 10.0. The molecule has 0 amide bonds. The molecule has 3 rings (SSSR count). The number of carbonyl (C=O) groups excluding carboxylic acids is 1. The molecule has 1 aromatic heterocycles. The van der Waals surface area contributed by atoms with Crippen LogP contribution in [0.1, 0.15) is 16.8 Å². The zero-order chi connectivity index (χ0) is 21.2. The Morgan fingerprint density at radius 3 is 2.33 bits per heavy atom. The molecule has 0 atom stereocenters. The maximum absolute atomic E-state index is 12.1. The van der Waals surface area contributed by atoms with Crippen LogP contribution in [0.4, 0.5) is 0 Å². The minimum absolute atomic E-state index is 0.262. The van der Waals surface area contributed by atoms with Crippen molar-refractivity contribution < 1.29 is 23.7 Å². The van der Waals surface area contributed by atoms with Crippen LogP contribution in [0.25, 0.3) is 5.57 Å². The molecular weight excluding hydrogens is 382 g/mol. The number of benzene rings is 2. The number of aromatic nitrogens is 1. The summed E-state index contributed by atoms with van der Waals surface area (Å²) in [5.74, 6) is 0.855. The summed E-state index contributed by atoms with van der Waals surface area (Å²) < 4.78 is 21.7. The van der Waals surface area contributed by atoms with Crippen LogP contribution in [0.15, 0.2) is 79.2 Å². The van der Waals surface area contributed by atoms with Gasteiger partial charge >= 0.3 is 5.97 Å². The molecule has 0 spiro atoms. The number of rotatable bonds is 9. The van der Waals surface area contributed by atoms with Crippen molar-refractivity contribution >= 4 is 11.5 Å². The van der Waals surface area contributed by atoms with E-state index >= 15 is 0 Å². The Morgan fingerprint density at radius 1 is 0.900 bits per heavy atom. The molecule has 6 nitrogen and oxygen atoms in total. The van der Waals surface area contributed by atoms with Gasteiger partial charge in [0.25, 0.3) is 0 Å². The Kier molecular flexibility index (Phi) is 7.44. The molecule has 0 radical (unpaired) electrons. The smallest absolute Gasteiger partial charge is 0.341 e. The second kappa shape index (κ2) is 10.7. The average Bonchev–Trinajstić information content (AvgIpc) is 2.80. The molecule has 2 aromatic carbocycles. The van der Waals surface area contributed by atoms with Crippen LogP contribution < -0.4 is 9.47 Å². The van der Waals surface area contributed by atoms with Gasteiger partial charge in [0, 0.05) is 12.3 Å². The largest absolute Gasteiger partial charge is 0.503 e. The van der Waals surface area contributed by atoms with Crippen LogP contribution in [-0.2, 0) is 27.5 Å². The summed E-state index contributed by atoms with van der Waals surface area (Å²) in [5.41, 5.74) is 2.68. The fourth-order valence-corrected chi connectivity index (χ4v) is 2.81. The fraction of sp³-hybridized carbons (Fsp3) is 0.167. The molecule has 30 heavy (non-hydrogen) atoms. The lowest BCUT2D eigenvalue weighted by Crippen LogP contribution is -2.08. The molecule has 1 heterocycles. The maximum Gasteiger partial charge on any atom is 0.341 e. The second-order valence-corrected chi connectivity index (χ2v) is 6.29. The van der Waals surface area contributed by atoms with Crippen LogP contribution in [0, 0.1) is 0 Å². The highest BCUT2D eigenvalue weighted by Gasteiger charge is 2.17. The average molecular weight is 405 g/mol. The van der Waals surface area contributed by atoms with Crippen molar-refractivity contribution in [1.29, 1.82) is 0 Å². The Labute approximate surface area is 175 Å². The van der Waals surface area contributed by atoms with E-state index in [9.17, 15) is 4.79 Å². The number of nitrogens with zero attached hydrogens (tertiary/aromatic N) is 1. The highest BCUT2D eigenvalue weighted by atomic mass is 16.5. The number of ether oxygens (including phenoxy) is 4. The van der Waals surface area contributed by atoms with E-state index in [1.165, 1.54) is 20.5 Å². The van der Waals surface area contributed by atoms with E-state index in [0.29, 0.717) is 29.2 Å². The third kappa shape index (κ3) is 5.61. The van der Waals surface area contributed by atoms with Gasteiger partial charge in [0.1, 0.15) is 30.3 Å². The third-order valence-corrected chi connectivity index (χ3v) is 4.26. The molecular formula is C24H23NO5. The Morgan fingerprint density at radius 2 is 1.63 bits per heavy atom. The van der Waals surface area contributed by atoms with Crippen LogP contribution in [0.2, 0.25) is 0 Å². The van der Waals surface area contributed by atoms with Gasteiger partial charge in [-0.1, -0.05) is 36.4 Å². The first-order valence-electron chi connectivity index (χ1n) is 9.36. The number of methoxy groups -OCH3 is 2. The van der Waals surface area contributed by atoms with E-state index in [1.807, 2.05) is 66.7 Å². The van der Waals surface area contributed by atoms with Gasteiger partial charge in [0.05, 0.1) is 26.2 Å². The fourth-order valence-electron chi connectivity index (χ4n) is 2.81. The van der Waals surface area contributed by atoms with E-state index in [4.69, 9.17) is 18.9 Å². The Hall–Kier alpha value is -3.80. The molecule has 0 aliphatic rings. The molecule has 0 fully saturated rings. The number of esters is 1. The SMILES string of the molecule is CO/C=C(/C(=O)OC)c1ccccc1COc1cccc(OCc2ccccn2)c1. The summed E-state index contributed by atoms with van der Waals surface area (Å²) in [6.07, 6.45) is 3.10. The quantitative estimate of drug-likeness (QED) is 0.299. The molecule has 0 unspecified atom stereocenters. The standard InChI is InChI=1S/C24H23NO5/c1-27-17-23(24(26)28-2)22-12-4-3-8-18(22)15-29-20-10-7-11-21(14-20)30-16-19-9-5-6-13-25-19/h3-14,17H,15-16H2,1-2H3/b23-17+. The molecule has 0 saturated heterocycles. The first-order chi connectivity index (χ1) is 14.7.